The molecule has 0 saturated heterocycles. The maximum atomic E-state index is 11.9. The van der Waals surface area contributed by atoms with Crippen LogP contribution in [0.4, 0.5) is 0 Å². The first kappa shape index (κ1) is 12.7. The quantitative estimate of drug-likeness (QED) is 0.639. The van der Waals surface area contributed by atoms with E-state index in [2.05, 4.69) is 34.6 Å². The molecule has 0 aliphatic heterocycles. The zero-order valence-corrected chi connectivity index (χ0v) is 9.92. The highest BCUT2D eigenvalue weighted by molar-refractivity contribution is 5.83. The molecule has 0 aromatic carbocycles. The van der Waals surface area contributed by atoms with Crippen molar-refractivity contribution in [3.8, 4) is 0 Å². The molecule has 0 radical (unpaired) electrons. The molecule has 0 heterocycles. The third kappa shape index (κ3) is 3.50. The molecule has 0 saturated carbocycles. The van der Waals surface area contributed by atoms with Gasteiger partial charge in [-0.3, -0.25) is 4.79 Å². The molecule has 1 heteroatoms. The summed E-state index contributed by atoms with van der Waals surface area (Å²) in [5, 5.41) is 0. The van der Waals surface area contributed by atoms with Gasteiger partial charge in [0.15, 0.2) is 0 Å². The lowest BCUT2D eigenvalue weighted by Crippen LogP contribution is -2.27. The van der Waals surface area contributed by atoms with Crippen LogP contribution in [0, 0.1) is 23.7 Å². The van der Waals surface area contributed by atoms with Crippen molar-refractivity contribution in [2.75, 3.05) is 0 Å². The lowest BCUT2D eigenvalue weighted by atomic mass is 9.81. The largest absolute Gasteiger partial charge is 0.299 e. The Labute approximate surface area is 82.9 Å². The van der Waals surface area contributed by atoms with Crippen LogP contribution in [0.5, 0.6) is 0 Å². The van der Waals surface area contributed by atoms with Gasteiger partial charge in [-0.2, -0.15) is 0 Å². The molecular weight excluding hydrogens is 160 g/mol. The van der Waals surface area contributed by atoms with Gasteiger partial charge in [0.2, 0.25) is 0 Å². The van der Waals surface area contributed by atoms with Gasteiger partial charge < -0.3 is 0 Å². The monoisotopic (exact) mass is 184 g/mol. The summed E-state index contributed by atoms with van der Waals surface area (Å²) in [6.45, 7) is 12.7. The Kier molecular flexibility index (Phi) is 5.27. The first-order valence-electron chi connectivity index (χ1n) is 5.45. The predicted molar refractivity (Wildman–Crippen MR) is 57.6 cm³/mol. The number of carbonyl (C=O) groups excluding carboxylic acids is 1. The van der Waals surface area contributed by atoms with Gasteiger partial charge in [-0.05, 0) is 11.8 Å². The van der Waals surface area contributed by atoms with Gasteiger partial charge in [-0.1, -0.05) is 48.0 Å². The van der Waals surface area contributed by atoms with Crippen LogP contribution in [0.15, 0.2) is 0 Å². The van der Waals surface area contributed by atoms with E-state index >= 15 is 0 Å². The van der Waals surface area contributed by atoms with Crippen molar-refractivity contribution in [2.24, 2.45) is 23.7 Å². The molecule has 0 bridgehead atoms. The Morgan fingerprint density at radius 2 is 1.46 bits per heavy atom. The zero-order valence-electron chi connectivity index (χ0n) is 9.92. The SMILES string of the molecule is CC[C@@H](C)[C@@H](C)C(=O)C(C)C(C)C. The predicted octanol–water partition coefficient (Wildman–Crippen LogP) is 3.53. The third-order valence-corrected chi connectivity index (χ3v) is 3.40. The van der Waals surface area contributed by atoms with E-state index in [0.29, 0.717) is 17.6 Å². The van der Waals surface area contributed by atoms with Crippen LogP contribution < -0.4 is 0 Å². The number of hydrogen-bond donors (Lipinski definition) is 0. The minimum atomic E-state index is 0.212. The van der Waals surface area contributed by atoms with Gasteiger partial charge in [0.05, 0.1) is 0 Å². The van der Waals surface area contributed by atoms with Crippen LogP contribution >= 0.6 is 0 Å². The fourth-order valence-electron chi connectivity index (χ4n) is 1.38. The summed E-state index contributed by atoms with van der Waals surface area (Å²) in [7, 11) is 0. The summed E-state index contributed by atoms with van der Waals surface area (Å²) in [6, 6.07) is 0. The van der Waals surface area contributed by atoms with Gasteiger partial charge in [0.25, 0.3) is 0 Å². The molecule has 0 spiro atoms. The first-order valence-corrected chi connectivity index (χ1v) is 5.45. The number of Topliss-reactive ketones (excluding diaryl/α,β-unsaturated/α-hetero) is 1. The molecule has 3 atom stereocenters. The van der Waals surface area contributed by atoms with E-state index < -0.39 is 0 Å². The van der Waals surface area contributed by atoms with E-state index in [0.717, 1.165) is 6.42 Å². The van der Waals surface area contributed by atoms with Crippen LogP contribution in [-0.4, -0.2) is 5.78 Å². The smallest absolute Gasteiger partial charge is 0.139 e. The standard InChI is InChI=1S/C12H24O/c1-7-9(4)11(6)12(13)10(5)8(2)3/h8-11H,7H2,1-6H3/t9-,10?,11-/m1/s1. The first-order chi connectivity index (χ1) is 5.91. The Morgan fingerprint density at radius 3 is 1.77 bits per heavy atom. The minimum absolute atomic E-state index is 0.212. The lowest BCUT2D eigenvalue weighted by Gasteiger charge is -2.23. The number of carbonyl (C=O) groups is 1. The number of ketones is 1. The summed E-state index contributed by atoms with van der Waals surface area (Å²) in [6.07, 6.45) is 1.09. The molecular formula is C12H24O. The summed E-state index contributed by atoms with van der Waals surface area (Å²) in [5.41, 5.74) is 0. The fourth-order valence-corrected chi connectivity index (χ4v) is 1.38. The molecule has 78 valence electrons. The Hall–Kier alpha value is -0.330. The third-order valence-electron chi connectivity index (χ3n) is 3.40. The van der Waals surface area contributed by atoms with Gasteiger partial charge in [-0.15, -0.1) is 0 Å². The summed E-state index contributed by atoms with van der Waals surface area (Å²) >= 11 is 0. The average molecular weight is 184 g/mol. The van der Waals surface area contributed by atoms with E-state index in [4.69, 9.17) is 0 Å². The van der Waals surface area contributed by atoms with E-state index in [1.54, 1.807) is 0 Å². The molecule has 0 aromatic heterocycles. The number of rotatable bonds is 5. The van der Waals surface area contributed by atoms with Crippen molar-refractivity contribution in [2.45, 2.75) is 48.0 Å². The molecule has 0 aliphatic rings. The molecule has 1 unspecified atom stereocenters. The second-order valence-electron chi connectivity index (χ2n) is 4.61. The molecule has 1 nitrogen and oxygen atoms in total. The Bertz CT molecular complexity index is 161. The zero-order chi connectivity index (χ0) is 10.6. The molecule has 0 aromatic rings. The molecule has 0 fully saturated rings. The van der Waals surface area contributed by atoms with Crippen LogP contribution in [-0.2, 0) is 4.79 Å². The molecule has 0 rings (SSSR count). The van der Waals surface area contributed by atoms with Gasteiger partial charge in [0, 0.05) is 11.8 Å². The Balaban J connectivity index is 4.25. The van der Waals surface area contributed by atoms with E-state index in [-0.39, 0.29) is 11.8 Å². The highest BCUT2D eigenvalue weighted by Crippen LogP contribution is 2.22. The summed E-state index contributed by atoms with van der Waals surface area (Å²) < 4.78 is 0. The normalized spacial score (nSPS) is 18.4. The van der Waals surface area contributed by atoms with Crippen LogP contribution in [0.1, 0.15) is 48.0 Å². The molecule has 0 amide bonds. The van der Waals surface area contributed by atoms with Crippen molar-refractivity contribution >= 4 is 5.78 Å². The lowest BCUT2D eigenvalue weighted by molar-refractivity contribution is -0.128. The molecule has 0 N–H and O–H groups in total. The van der Waals surface area contributed by atoms with E-state index in [1.165, 1.54) is 0 Å². The average Bonchev–Trinajstić information content (AvgIpc) is 2.12. The maximum Gasteiger partial charge on any atom is 0.139 e. The van der Waals surface area contributed by atoms with Crippen molar-refractivity contribution < 1.29 is 4.79 Å². The topological polar surface area (TPSA) is 17.1 Å². The number of hydrogen-bond acceptors (Lipinski definition) is 1. The second kappa shape index (κ2) is 5.41. The van der Waals surface area contributed by atoms with E-state index in [9.17, 15) is 4.79 Å². The highest BCUT2D eigenvalue weighted by Gasteiger charge is 2.25. The van der Waals surface area contributed by atoms with Crippen LogP contribution in [0.3, 0.4) is 0 Å². The Morgan fingerprint density at radius 1 is 1.00 bits per heavy atom. The van der Waals surface area contributed by atoms with Crippen molar-refractivity contribution in [1.29, 1.82) is 0 Å². The van der Waals surface area contributed by atoms with Crippen molar-refractivity contribution in [3.63, 3.8) is 0 Å². The fraction of sp³-hybridized carbons (Fsp3) is 0.917. The highest BCUT2D eigenvalue weighted by atomic mass is 16.1. The van der Waals surface area contributed by atoms with Crippen molar-refractivity contribution in [3.05, 3.63) is 0 Å². The van der Waals surface area contributed by atoms with E-state index in [1.807, 2.05) is 6.92 Å². The summed E-state index contributed by atoms with van der Waals surface area (Å²) in [5.74, 6) is 1.86. The minimum Gasteiger partial charge on any atom is -0.299 e. The summed E-state index contributed by atoms with van der Waals surface area (Å²) in [4.78, 5) is 11.9. The second-order valence-corrected chi connectivity index (χ2v) is 4.61. The van der Waals surface area contributed by atoms with Crippen LogP contribution in [0.2, 0.25) is 0 Å². The van der Waals surface area contributed by atoms with Gasteiger partial charge in [-0.25, -0.2) is 0 Å². The molecule has 13 heavy (non-hydrogen) atoms. The molecule has 0 aliphatic carbocycles. The van der Waals surface area contributed by atoms with Gasteiger partial charge >= 0.3 is 0 Å². The van der Waals surface area contributed by atoms with Crippen molar-refractivity contribution in [1.82, 2.24) is 0 Å². The van der Waals surface area contributed by atoms with Gasteiger partial charge in [0.1, 0.15) is 5.78 Å². The van der Waals surface area contributed by atoms with Crippen LogP contribution in [0.25, 0.3) is 0 Å². The maximum absolute atomic E-state index is 11.9.